The summed E-state index contributed by atoms with van der Waals surface area (Å²) >= 11 is 0. The van der Waals surface area contributed by atoms with Crippen LogP contribution in [-0.4, -0.2) is 67.3 Å². The number of hydrogen-bond acceptors (Lipinski definition) is 5. The van der Waals surface area contributed by atoms with Gasteiger partial charge in [0, 0.05) is 25.7 Å². The van der Waals surface area contributed by atoms with E-state index in [9.17, 15) is 9.59 Å². The lowest BCUT2D eigenvalue weighted by Crippen LogP contribution is -2.46. The molecule has 7 heteroatoms. The predicted octanol–water partition coefficient (Wildman–Crippen LogP) is -0.0400. The molecule has 2 unspecified atom stereocenters. The number of nitrogens with one attached hydrogen (secondary N) is 1. The van der Waals surface area contributed by atoms with Crippen molar-refractivity contribution in [3.8, 4) is 0 Å². The summed E-state index contributed by atoms with van der Waals surface area (Å²) in [5.74, 6) is 1.17. The number of amides is 2. The van der Waals surface area contributed by atoms with Crippen molar-refractivity contribution >= 4 is 12.0 Å². The summed E-state index contributed by atoms with van der Waals surface area (Å²) in [6.45, 7) is 2.71. The maximum absolute atomic E-state index is 12.2. The van der Waals surface area contributed by atoms with Gasteiger partial charge in [0.2, 0.25) is 5.91 Å². The van der Waals surface area contributed by atoms with Crippen molar-refractivity contribution in [2.75, 3.05) is 33.3 Å². The van der Waals surface area contributed by atoms with Gasteiger partial charge >= 0.3 is 6.09 Å². The molecular formula is C15H26N4O3. The third kappa shape index (κ3) is 3.05. The number of carbonyl (C=O) groups is 2. The molecule has 3 fully saturated rings. The smallest absolute Gasteiger partial charge is 0.409 e. The molecule has 3 N–H and O–H groups in total. The van der Waals surface area contributed by atoms with E-state index in [1.807, 2.05) is 0 Å². The Labute approximate surface area is 131 Å². The highest BCUT2D eigenvalue weighted by atomic mass is 16.5. The topological polar surface area (TPSA) is 87.9 Å². The first-order valence-electron chi connectivity index (χ1n) is 8.19. The zero-order valence-electron chi connectivity index (χ0n) is 13.2. The standard InChI is InChI=1S/C15H26N4O3/c1-22-15(21)18-8-10-5-12(6-11(10)9-18)17-7-14(20)19-4-2-3-13(19)16/h10-13,17H,2-9,16H2,1H3/t10-,11+,12?,13?. The Balaban J connectivity index is 1.42. The molecule has 2 saturated heterocycles. The highest BCUT2D eigenvalue weighted by Gasteiger charge is 2.42. The van der Waals surface area contributed by atoms with Gasteiger partial charge in [-0.15, -0.1) is 0 Å². The second-order valence-corrected chi connectivity index (χ2v) is 6.74. The molecular weight excluding hydrogens is 284 g/mol. The molecule has 7 nitrogen and oxygen atoms in total. The SMILES string of the molecule is COC(=O)N1C[C@H]2CC(NCC(=O)N3CCCC3N)C[C@H]2C1. The van der Waals surface area contributed by atoms with Gasteiger partial charge in [-0.3, -0.25) is 4.79 Å². The first-order valence-corrected chi connectivity index (χ1v) is 8.19. The van der Waals surface area contributed by atoms with Crippen molar-refractivity contribution in [1.29, 1.82) is 0 Å². The van der Waals surface area contributed by atoms with Crippen LogP contribution in [0.4, 0.5) is 4.79 Å². The fourth-order valence-corrected chi connectivity index (χ4v) is 4.18. The molecule has 0 radical (unpaired) electrons. The maximum Gasteiger partial charge on any atom is 0.409 e. The molecule has 2 amide bonds. The first kappa shape index (κ1) is 15.6. The number of fused-ring (bicyclic) bond motifs is 1. The van der Waals surface area contributed by atoms with Crippen LogP contribution in [0, 0.1) is 11.8 Å². The number of carbonyl (C=O) groups excluding carboxylic acids is 2. The largest absolute Gasteiger partial charge is 0.453 e. The highest BCUT2D eigenvalue weighted by molar-refractivity contribution is 5.78. The molecule has 0 bridgehead atoms. The first-order chi connectivity index (χ1) is 10.6. The van der Waals surface area contributed by atoms with Crippen molar-refractivity contribution in [3.63, 3.8) is 0 Å². The Morgan fingerprint density at radius 3 is 2.50 bits per heavy atom. The number of nitrogens with two attached hydrogens (primary N) is 1. The average Bonchev–Trinajstić information content (AvgIpc) is 3.17. The summed E-state index contributed by atoms with van der Waals surface area (Å²) in [5.41, 5.74) is 5.92. The van der Waals surface area contributed by atoms with Crippen LogP contribution in [0.2, 0.25) is 0 Å². The molecule has 2 aliphatic heterocycles. The van der Waals surface area contributed by atoms with E-state index in [0.29, 0.717) is 24.4 Å². The van der Waals surface area contributed by atoms with Gasteiger partial charge in [-0.05, 0) is 37.5 Å². The highest BCUT2D eigenvalue weighted by Crippen LogP contribution is 2.38. The van der Waals surface area contributed by atoms with Gasteiger partial charge in [-0.1, -0.05) is 0 Å². The summed E-state index contributed by atoms with van der Waals surface area (Å²) in [5, 5.41) is 3.38. The Bertz CT molecular complexity index is 431. The Kier molecular flexibility index (Phi) is 4.54. The van der Waals surface area contributed by atoms with Crippen molar-refractivity contribution < 1.29 is 14.3 Å². The van der Waals surface area contributed by atoms with Crippen LogP contribution in [0.3, 0.4) is 0 Å². The van der Waals surface area contributed by atoms with Gasteiger partial charge in [0.15, 0.2) is 0 Å². The second kappa shape index (κ2) is 6.42. The molecule has 0 spiro atoms. The summed E-state index contributed by atoms with van der Waals surface area (Å²) in [6, 6.07) is 0.373. The third-order valence-electron chi connectivity index (χ3n) is 5.35. The number of nitrogens with zero attached hydrogens (tertiary/aromatic N) is 2. The van der Waals surface area contributed by atoms with Crippen molar-refractivity contribution in [2.45, 2.75) is 37.9 Å². The zero-order valence-corrected chi connectivity index (χ0v) is 13.2. The molecule has 22 heavy (non-hydrogen) atoms. The minimum atomic E-state index is -0.225. The molecule has 1 aliphatic carbocycles. The Hall–Kier alpha value is -1.34. The van der Waals surface area contributed by atoms with E-state index in [-0.39, 0.29) is 18.2 Å². The van der Waals surface area contributed by atoms with E-state index in [4.69, 9.17) is 10.5 Å². The predicted molar refractivity (Wildman–Crippen MR) is 80.9 cm³/mol. The summed E-state index contributed by atoms with van der Waals surface area (Å²) in [7, 11) is 1.43. The van der Waals surface area contributed by atoms with Gasteiger partial charge in [-0.25, -0.2) is 4.79 Å². The molecule has 0 aromatic heterocycles. The third-order valence-corrected chi connectivity index (χ3v) is 5.35. The molecule has 4 atom stereocenters. The Morgan fingerprint density at radius 2 is 1.95 bits per heavy atom. The summed E-state index contributed by atoms with van der Waals surface area (Å²) in [4.78, 5) is 27.3. The summed E-state index contributed by atoms with van der Waals surface area (Å²) in [6.07, 6.45) is 3.63. The Morgan fingerprint density at radius 1 is 1.27 bits per heavy atom. The van der Waals surface area contributed by atoms with Crippen LogP contribution in [0.25, 0.3) is 0 Å². The van der Waals surface area contributed by atoms with Crippen LogP contribution in [-0.2, 0) is 9.53 Å². The molecule has 0 aromatic rings. The lowest BCUT2D eigenvalue weighted by Gasteiger charge is -2.23. The van der Waals surface area contributed by atoms with Gasteiger partial charge in [0.05, 0.1) is 19.8 Å². The lowest BCUT2D eigenvalue weighted by molar-refractivity contribution is -0.131. The van der Waals surface area contributed by atoms with Crippen LogP contribution >= 0.6 is 0 Å². The summed E-state index contributed by atoms with van der Waals surface area (Å²) < 4.78 is 4.78. The van der Waals surface area contributed by atoms with E-state index in [0.717, 1.165) is 45.3 Å². The van der Waals surface area contributed by atoms with E-state index in [2.05, 4.69) is 5.32 Å². The average molecular weight is 310 g/mol. The molecule has 3 rings (SSSR count). The van der Waals surface area contributed by atoms with Gasteiger partial charge in [0.25, 0.3) is 0 Å². The van der Waals surface area contributed by atoms with Gasteiger partial charge < -0.3 is 25.6 Å². The maximum atomic E-state index is 12.2. The van der Waals surface area contributed by atoms with Gasteiger partial charge in [-0.2, -0.15) is 0 Å². The lowest BCUT2D eigenvalue weighted by atomic mass is 10.0. The van der Waals surface area contributed by atoms with E-state index < -0.39 is 0 Å². The fraction of sp³-hybridized carbons (Fsp3) is 0.867. The van der Waals surface area contributed by atoms with Crippen LogP contribution < -0.4 is 11.1 Å². The van der Waals surface area contributed by atoms with Crippen molar-refractivity contribution in [2.24, 2.45) is 17.6 Å². The number of methoxy groups -OCH3 is 1. The molecule has 1 saturated carbocycles. The van der Waals surface area contributed by atoms with E-state index >= 15 is 0 Å². The second-order valence-electron chi connectivity index (χ2n) is 6.74. The minimum Gasteiger partial charge on any atom is -0.453 e. The van der Waals surface area contributed by atoms with Crippen LogP contribution in [0.15, 0.2) is 0 Å². The van der Waals surface area contributed by atoms with E-state index in [1.165, 1.54) is 7.11 Å². The number of rotatable bonds is 3. The normalized spacial score (nSPS) is 34.1. The molecule has 2 heterocycles. The van der Waals surface area contributed by atoms with Crippen LogP contribution in [0.1, 0.15) is 25.7 Å². The number of likely N-dealkylation sites (tertiary alicyclic amines) is 2. The van der Waals surface area contributed by atoms with E-state index in [1.54, 1.807) is 9.80 Å². The van der Waals surface area contributed by atoms with Crippen molar-refractivity contribution in [1.82, 2.24) is 15.1 Å². The number of ether oxygens (including phenoxy) is 1. The quantitative estimate of drug-likeness (QED) is 0.764. The fourth-order valence-electron chi connectivity index (χ4n) is 4.18. The monoisotopic (exact) mass is 310 g/mol. The molecule has 124 valence electrons. The zero-order chi connectivity index (χ0) is 15.7. The molecule has 3 aliphatic rings. The van der Waals surface area contributed by atoms with Crippen LogP contribution in [0.5, 0.6) is 0 Å². The van der Waals surface area contributed by atoms with Gasteiger partial charge in [0.1, 0.15) is 0 Å². The number of hydrogen-bond donors (Lipinski definition) is 2. The minimum absolute atomic E-state index is 0.106. The molecule has 0 aromatic carbocycles. The van der Waals surface area contributed by atoms with Crippen molar-refractivity contribution in [3.05, 3.63) is 0 Å².